The van der Waals surface area contributed by atoms with E-state index in [9.17, 15) is 9.90 Å². The molecule has 2 atom stereocenters. The second-order valence-corrected chi connectivity index (χ2v) is 8.10. The molecule has 5 heteroatoms. The predicted octanol–water partition coefficient (Wildman–Crippen LogP) is 3.80. The standard InChI is InChI=1S/C22H34N2O3/c1-3-23(4-2)14-13-22(26)15-19-11-8-12-20(16-22)24(19)21(25)27-17-18-9-6-5-7-10-18/h5-7,9-10,19-20,26H,3-4,8,11-17H2,1-2H3. The third-order valence-electron chi connectivity index (χ3n) is 6.30. The van der Waals surface area contributed by atoms with Gasteiger partial charge in [0.25, 0.3) is 0 Å². The van der Waals surface area contributed by atoms with Gasteiger partial charge in [0, 0.05) is 18.6 Å². The summed E-state index contributed by atoms with van der Waals surface area (Å²) < 4.78 is 5.60. The molecule has 0 radical (unpaired) electrons. The molecular formula is C22H34N2O3. The van der Waals surface area contributed by atoms with Crippen LogP contribution in [0.3, 0.4) is 0 Å². The number of aliphatic hydroxyl groups is 1. The highest BCUT2D eigenvalue weighted by Crippen LogP contribution is 2.41. The van der Waals surface area contributed by atoms with E-state index in [1.807, 2.05) is 35.2 Å². The maximum absolute atomic E-state index is 12.8. The summed E-state index contributed by atoms with van der Waals surface area (Å²) in [5.74, 6) is 0. The number of hydrogen-bond acceptors (Lipinski definition) is 4. The number of nitrogens with zero attached hydrogens (tertiary/aromatic N) is 2. The Balaban J connectivity index is 1.59. The van der Waals surface area contributed by atoms with Crippen LogP contribution in [0.4, 0.5) is 4.79 Å². The average Bonchev–Trinajstić information content (AvgIpc) is 2.67. The normalized spacial score (nSPS) is 27.6. The smallest absolute Gasteiger partial charge is 0.410 e. The minimum absolute atomic E-state index is 0.0995. The molecule has 2 aliphatic rings. The van der Waals surface area contributed by atoms with Crippen LogP contribution < -0.4 is 0 Å². The maximum atomic E-state index is 12.8. The highest BCUT2D eigenvalue weighted by molar-refractivity contribution is 5.69. The molecule has 3 rings (SSSR count). The van der Waals surface area contributed by atoms with Gasteiger partial charge in [-0.1, -0.05) is 44.2 Å². The SMILES string of the molecule is CCN(CC)CCC1(O)CC2CCCC(C1)N2C(=O)OCc1ccccc1. The lowest BCUT2D eigenvalue weighted by Gasteiger charge is -2.51. The van der Waals surface area contributed by atoms with Crippen LogP contribution in [-0.4, -0.2) is 58.3 Å². The van der Waals surface area contributed by atoms with E-state index in [-0.39, 0.29) is 18.2 Å². The highest BCUT2D eigenvalue weighted by Gasteiger charge is 2.47. The van der Waals surface area contributed by atoms with E-state index in [0.29, 0.717) is 19.4 Å². The van der Waals surface area contributed by atoms with E-state index in [2.05, 4.69) is 18.7 Å². The summed E-state index contributed by atoms with van der Waals surface area (Å²) in [4.78, 5) is 17.1. The van der Waals surface area contributed by atoms with E-state index in [4.69, 9.17) is 4.74 Å². The molecule has 1 N–H and O–H groups in total. The second-order valence-electron chi connectivity index (χ2n) is 8.10. The zero-order valence-electron chi connectivity index (χ0n) is 16.8. The highest BCUT2D eigenvalue weighted by atomic mass is 16.6. The van der Waals surface area contributed by atoms with Gasteiger partial charge in [0.15, 0.2) is 0 Å². The minimum atomic E-state index is -0.658. The van der Waals surface area contributed by atoms with Crippen molar-refractivity contribution in [2.24, 2.45) is 0 Å². The Labute approximate surface area is 163 Å². The van der Waals surface area contributed by atoms with Crippen molar-refractivity contribution < 1.29 is 14.6 Å². The van der Waals surface area contributed by atoms with E-state index >= 15 is 0 Å². The zero-order chi connectivity index (χ0) is 19.3. The van der Waals surface area contributed by atoms with E-state index in [0.717, 1.165) is 50.9 Å². The molecule has 2 unspecified atom stereocenters. The molecule has 0 saturated carbocycles. The topological polar surface area (TPSA) is 53.0 Å². The molecule has 1 aromatic carbocycles. The van der Waals surface area contributed by atoms with Crippen LogP contribution in [0, 0.1) is 0 Å². The van der Waals surface area contributed by atoms with Gasteiger partial charge < -0.3 is 19.6 Å². The molecule has 0 aromatic heterocycles. The van der Waals surface area contributed by atoms with Gasteiger partial charge >= 0.3 is 6.09 Å². The maximum Gasteiger partial charge on any atom is 0.410 e. The van der Waals surface area contributed by atoms with E-state index < -0.39 is 5.60 Å². The molecule has 1 aromatic rings. The predicted molar refractivity (Wildman–Crippen MR) is 106 cm³/mol. The summed E-state index contributed by atoms with van der Waals surface area (Å²) in [6.07, 6.45) is 4.96. The van der Waals surface area contributed by atoms with Gasteiger partial charge in [-0.3, -0.25) is 0 Å². The Morgan fingerprint density at radius 3 is 2.41 bits per heavy atom. The number of rotatable bonds is 7. The number of benzene rings is 1. The summed E-state index contributed by atoms with van der Waals surface area (Å²) in [7, 11) is 0. The first-order chi connectivity index (χ1) is 13.0. The molecule has 1 amide bonds. The molecule has 2 heterocycles. The van der Waals surface area contributed by atoms with Crippen LogP contribution in [0.15, 0.2) is 30.3 Å². The first-order valence-electron chi connectivity index (χ1n) is 10.5. The van der Waals surface area contributed by atoms with Gasteiger partial charge in [0.1, 0.15) is 6.61 Å². The Hall–Kier alpha value is -1.59. The van der Waals surface area contributed by atoms with E-state index in [1.54, 1.807) is 0 Å². The first kappa shape index (κ1) is 20.2. The van der Waals surface area contributed by atoms with Crippen LogP contribution in [0.2, 0.25) is 0 Å². The minimum Gasteiger partial charge on any atom is -0.445 e. The number of carbonyl (C=O) groups excluding carboxylic acids is 1. The van der Waals surface area contributed by atoms with Gasteiger partial charge in [-0.25, -0.2) is 4.79 Å². The van der Waals surface area contributed by atoms with Crippen molar-refractivity contribution in [3.63, 3.8) is 0 Å². The fourth-order valence-electron chi connectivity index (χ4n) is 4.73. The Bertz CT molecular complexity index is 589. The molecule has 2 saturated heterocycles. The third kappa shape index (κ3) is 5.02. The van der Waals surface area contributed by atoms with Crippen LogP contribution in [0.25, 0.3) is 0 Å². The fraction of sp³-hybridized carbons (Fsp3) is 0.682. The number of carbonyl (C=O) groups is 1. The molecule has 0 spiro atoms. The third-order valence-corrected chi connectivity index (χ3v) is 6.30. The summed E-state index contributed by atoms with van der Waals surface area (Å²) in [6, 6.07) is 10.0. The van der Waals surface area contributed by atoms with Gasteiger partial charge in [0.2, 0.25) is 0 Å². The van der Waals surface area contributed by atoms with Crippen molar-refractivity contribution in [3.05, 3.63) is 35.9 Å². The molecule has 0 aliphatic carbocycles. The summed E-state index contributed by atoms with van der Waals surface area (Å²) in [5, 5.41) is 11.2. The lowest BCUT2D eigenvalue weighted by Crippen LogP contribution is -2.60. The van der Waals surface area contributed by atoms with Crippen LogP contribution in [0.1, 0.15) is 57.9 Å². The van der Waals surface area contributed by atoms with Crippen LogP contribution in [-0.2, 0) is 11.3 Å². The number of fused-ring (bicyclic) bond motifs is 2. The molecule has 5 nitrogen and oxygen atoms in total. The first-order valence-corrected chi connectivity index (χ1v) is 10.5. The Kier molecular flexibility index (Phi) is 6.77. The van der Waals surface area contributed by atoms with Gasteiger partial charge in [-0.15, -0.1) is 0 Å². The quantitative estimate of drug-likeness (QED) is 0.789. The zero-order valence-corrected chi connectivity index (χ0v) is 16.8. The van der Waals surface area contributed by atoms with Crippen molar-refractivity contribution in [2.45, 2.75) is 76.7 Å². The summed E-state index contributed by atoms with van der Waals surface area (Å²) in [6.45, 7) is 7.57. The fourth-order valence-corrected chi connectivity index (χ4v) is 4.73. The van der Waals surface area contributed by atoms with Crippen molar-refractivity contribution in [1.82, 2.24) is 9.80 Å². The lowest BCUT2D eigenvalue weighted by molar-refractivity contribution is -0.0916. The Morgan fingerprint density at radius 2 is 1.81 bits per heavy atom. The van der Waals surface area contributed by atoms with Crippen molar-refractivity contribution >= 4 is 6.09 Å². The van der Waals surface area contributed by atoms with Gasteiger partial charge in [-0.05, 0) is 57.2 Å². The molecule has 2 bridgehead atoms. The van der Waals surface area contributed by atoms with Gasteiger partial charge in [0.05, 0.1) is 5.60 Å². The number of hydrogen-bond donors (Lipinski definition) is 1. The van der Waals surface area contributed by atoms with E-state index in [1.165, 1.54) is 0 Å². The summed E-state index contributed by atoms with van der Waals surface area (Å²) >= 11 is 0. The van der Waals surface area contributed by atoms with Gasteiger partial charge in [-0.2, -0.15) is 0 Å². The van der Waals surface area contributed by atoms with Crippen molar-refractivity contribution in [2.75, 3.05) is 19.6 Å². The average molecular weight is 375 g/mol. The van der Waals surface area contributed by atoms with Crippen LogP contribution in [0.5, 0.6) is 0 Å². The molecule has 27 heavy (non-hydrogen) atoms. The summed E-state index contributed by atoms with van der Waals surface area (Å²) in [5.41, 5.74) is 0.345. The lowest BCUT2D eigenvalue weighted by atomic mass is 9.74. The largest absolute Gasteiger partial charge is 0.445 e. The molecular weight excluding hydrogens is 340 g/mol. The Morgan fingerprint density at radius 1 is 1.19 bits per heavy atom. The monoisotopic (exact) mass is 374 g/mol. The second kappa shape index (κ2) is 9.07. The molecule has 2 fully saturated rings. The van der Waals surface area contributed by atoms with Crippen molar-refractivity contribution in [3.8, 4) is 0 Å². The number of ether oxygens (including phenoxy) is 1. The van der Waals surface area contributed by atoms with Crippen LogP contribution >= 0.6 is 0 Å². The molecule has 150 valence electrons. The molecule has 2 aliphatic heterocycles. The number of amides is 1. The van der Waals surface area contributed by atoms with Crippen molar-refractivity contribution in [1.29, 1.82) is 0 Å². The number of piperidine rings is 2.